The molecule has 12 aromatic rings. The molecule has 0 fully saturated rings. The average Bonchev–Trinajstić information content (AvgIpc) is 3.75. The Bertz CT molecular complexity index is 3620. The third-order valence-corrected chi connectivity index (χ3v) is 12.4. The summed E-state index contributed by atoms with van der Waals surface area (Å²) in [4.78, 5) is 2.37. The Balaban J connectivity index is 0.985. The van der Waals surface area contributed by atoms with Crippen molar-refractivity contribution >= 4 is 71.3 Å². The molecule has 62 heavy (non-hydrogen) atoms. The molecule has 2 nitrogen and oxygen atoms in total. The van der Waals surface area contributed by atoms with Crippen LogP contribution in [0.4, 0.5) is 17.1 Å². The molecule has 11 aromatic carbocycles. The van der Waals surface area contributed by atoms with Gasteiger partial charge in [0.25, 0.3) is 0 Å². The molecular weight excluding hydrogens is 751 g/mol. The monoisotopic (exact) mass is 789 g/mol. The highest BCUT2D eigenvalue weighted by atomic mass is 16.3. The van der Waals surface area contributed by atoms with Crippen molar-refractivity contribution in [3.8, 4) is 44.5 Å². The number of nitrogens with zero attached hydrogens (tertiary/aromatic N) is 1. The molecule has 0 amide bonds. The molecule has 2 heteroatoms. The molecule has 0 radical (unpaired) electrons. The molecule has 0 aliphatic heterocycles. The molecule has 0 unspecified atom stereocenters. The van der Waals surface area contributed by atoms with Gasteiger partial charge in [-0.15, -0.1) is 0 Å². The molecule has 0 atom stereocenters. The summed E-state index contributed by atoms with van der Waals surface area (Å²) in [6, 6.07) is 85.4. The van der Waals surface area contributed by atoms with Crippen molar-refractivity contribution in [1.29, 1.82) is 0 Å². The summed E-state index contributed by atoms with van der Waals surface area (Å²) in [5, 5.41) is 9.60. The van der Waals surface area contributed by atoms with E-state index < -0.39 is 0 Å². The number of hydrogen-bond acceptors (Lipinski definition) is 2. The van der Waals surface area contributed by atoms with Crippen LogP contribution in [0, 0.1) is 0 Å². The lowest BCUT2D eigenvalue weighted by Crippen LogP contribution is -2.10. The zero-order chi connectivity index (χ0) is 41.0. The Morgan fingerprint density at radius 2 is 0.855 bits per heavy atom. The summed E-state index contributed by atoms with van der Waals surface area (Å²) in [5.74, 6) is 0. The van der Waals surface area contributed by atoms with Crippen LogP contribution in [0.1, 0.15) is 0 Å². The van der Waals surface area contributed by atoms with Gasteiger partial charge in [0, 0.05) is 33.2 Å². The molecular formula is C60H39NO. The van der Waals surface area contributed by atoms with E-state index >= 15 is 0 Å². The van der Waals surface area contributed by atoms with Gasteiger partial charge < -0.3 is 9.32 Å². The molecule has 0 saturated carbocycles. The van der Waals surface area contributed by atoms with Gasteiger partial charge in [-0.05, 0) is 132 Å². The minimum Gasteiger partial charge on any atom is -0.455 e. The van der Waals surface area contributed by atoms with Crippen molar-refractivity contribution in [2.75, 3.05) is 4.90 Å². The summed E-state index contributed by atoms with van der Waals surface area (Å²) in [7, 11) is 0. The molecule has 0 bridgehead atoms. The van der Waals surface area contributed by atoms with Crippen molar-refractivity contribution in [2.45, 2.75) is 0 Å². The van der Waals surface area contributed by atoms with Crippen LogP contribution in [-0.2, 0) is 0 Å². The van der Waals surface area contributed by atoms with Gasteiger partial charge in [0.15, 0.2) is 0 Å². The number of anilines is 3. The standard InChI is InChI=1S/C60H39NO/c1-2-13-40(14-3-1)44-17-10-18-45(37-44)41-27-32-48(33-28-41)61(49-34-29-43(30-35-49)57-39-47-16-5-6-21-51(47)54-23-8-9-24-55(54)57)50-20-11-19-46(38-50)52-25-12-26-58-59(52)56-36-31-42-15-4-7-22-53(42)60(56)62-58/h1-39H. The fraction of sp³-hybridized carbons (Fsp3) is 0. The van der Waals surface area contributed by atoms with Gasteiger partial charge >= 0.3 is 0 Å². The Morgan fingerprint density at radius 3 is 1.63 bits per heavy atom. The molecule has 0 saturated heterocycles. The average molecular weight is 790 g/mol. The molecule has 0 spiro atoms. The molecule has 1 aromatic heterocycles. The molecule has 290 valence electrons. The maximum Gasteiger partial charge on any atom is 0.143 e. The minimum absolute atomic E-state index is 0.889. The van der Waals surface area contributed by atoms with Crippen LogP contribution in [0.3, 0.4) is 0 Å². The summed E-state index contributed by atoms with van der Waals surface area (Å²) in [6.45, 7) is 0. The molecule has 0 aliphatic carbocycles. The number of benzene rings is 11. The smallest absolute Gasteiger partial charge is 0.143 e. The Morgan fingerprint density at radius 1 is 0.274 bits per heavy atom. The number of fused-ring (bicyclic) bond motifs is 8. The van der Waals surface area contributed by atoms with Crippen LogP contribution in [0.25, 0.3) is 98.8 Å². The second kappa shape index (κ2) is 14.8. The van der Waals surface area contributed by atoms with Crippen LogP contribution >= 0.6 is 0 Å². The van der Waals surface area contributed by atoms with Crippen LogP contribution < -0.4 is 4.90 Å². The second-order valence-corrected chi connectivity index (χ2v) is 16.1. The number of hydrogen-bond donors (Lipinski definition) is 0. The largest absolute Gasteiger partial charge is 0.455 e. The highest BCUT2D eigenvalue weighted by Gasteiger charge is 2.18. The van der Waals surface area contributed by atoms with Gasteiger partial charge in [-0.2, -0.15) is 0 Å². The van der Waals surface area contributed by atoms with Crippen molar-refractivity contribution < 1.29 is 4.42 Å². The van der Waals surface area contributed by atoms with E-state index in [0.29, 0.717) is 0 Å². The Kier molecular flexibility index (Phi) is 8.53. The summed E-state index contributed by atoms with van der Waals surface area (Å²) < 4.78 is 6.61. The third-order valence-electron chi connectivity index (χ3n) is 12.4. The van der Waals surface area contributed by atoms with E-state index in [-0.39, 0.29) is 0 Å². The minimum atomic E-state index is 0.889. The first-order valence-electron chi connectivity index (χ1n) is 21.2. The van der Waals surface area contributed by atoms with Gasteiger partial charge in [-0.25, -0.2) is 0 Å². The number of furan rings is 1. The van der Waals surface area contributed by atoms with Gasteiger partial charge in [0.2, 0.25) is 0 Å². The van der Waals surface area contributed by atoms with E-state index in [1.807, 2.05) is 0 Å². The first-order chi connectivity index (χ1) is 30.7. The first-order valence-corrected chi connectivity index (χ1v) is 21.2. The maximum atomic E-state index is 6.61. The van der Waals surface area contributed by atoms with Crippen LogP contribution in [0.2, 0.25) is 0 Å². The van der Waals surface area contributed by atoms with Crippen molar-refractivity contribution in [2.24, 2.45) is 0 Å². The zero-order valence-corrected chi connectivity index (χ0v) is 33.9. The lowest BCUT2D eigenvalue weighted by atomic mass is 9.93. The summed E-state index contributed by atoms with van der Waals surface area (Å²) in [5.41, 5.74) is 14.5. The van der Waals surface area contributed by atoms with E-state index in [9.17, 15) is 0 Å². The van der Waals surface area contributed by atoms with Crippen molar-refractivity contribution in [3.63, 3.8) is 0 Å². The summed E-state index contributed by atoms with van der Waals surface area (Å²) in [6.07, 6.45) is 0. The molecule has 0 aliphatic rings. The van der Waals surface area contributed by atoms with Crippen molar-refractivity contribution in [1.82, 2.24) is 0 Å². The van der Waals surface area contributed by atoms with E-state index in [2.05, 4.69) is 241 Å². The Labute approximate surface area is 360 Å². The number of rotatable bonds is 7. The fourth-order valence-corrected chi connectivity index (χ4v) is 9.45. The topological polar surface area (TPSA) is 16.4 Å². The lowest BCUT2D eigenvalue weighted by Gasteiger charge is -2.26. The van der Waals surface area contributed by atoms with Crippen molar-refractivity contribution in [3.05, 3.63) is 237 Å². The highest BCUT2D eigenvalue weighted by Crippen LogP contribution is 2.43. The molecule has 1 heterocycles. The molecule has 0 N–H and O–H groups in total. The zero-order valence-electron chi connectivity index (χ0n) is 33.9. The predicted octanol–water partition coefficient (Wildman–Crippen LogP) is 17.2. The van der Waals surface area contributed by atoms with Crippen LogP contribution in [0.5, 0.6) is 0 Å². The second-order valence-electron chi connectivity index (χ2n) is 16.1. The van der Waals surface area contributed by atoms with Gasteiger partial charge in [0.05, 0.1) is 0 Å². The van der Waals surface area contributed by atoms with Gasteiger partial charge in [0.1, 0.15) is 11.2 Å². The summed E-state index contributed by atoms with van der Waals surface area (Å²) >= 11 is 0. The van der Waals surface area contributed by atoms with Crippen LogP contribution in [0.15, 0.2) is 241 Å². The predicted molar refractivity (Wildman–Crippen MR) is 263 cm³/mol. The molecule has 12 rings (SSSR count). The normalized spacial score (nSPS) is 11.5. The Hall–Kier alpha value is -8.20. The van der Waals surface area contributed by atoms with Crippen LogP contribution in [-0.4, -0.2) is 0 Å². The lowest BCUT2D eigenvalue weighted by molar-refractivity contribution is 0.673. The van der Waals surface area contributed by atoms with Gasteiger partial charge in [-0.3, -0.25) is 0 Å². The maximum absolute atomic E-state index is 6.61. The highest BCUT2D eigenvalue weighted by molar-refractivity contribution is 6.19. The van der Waals surface area contributed by atoms with Gasteiger partial charge in [-0.1, -0.05) is 176 Å². The van der Waals surface area contributed by atoms with E-state index in [0.717, 1.165) is 55.5 Å². The third kappa shape index (κ3) is 6.12. The quantitative estimate of drug-likeness (QED) is 0.150. The fourth-order valence-electron chi connectivity index (χ4n) is 9.45. The SMILES string of the molecule is c1ccc(-c2cccc(-c3ccc(N(c4ccc(-c5cc6ccccc6c6ccccc56)cc4)c4cccc(-c5cccc6oc7c8ccccc8ccc7c56)c4)cc3)c2)cc1. The van der Waals surface area contributed by atoms with E-state index in [1.54, 1.807) is 0 Å². The van der Waals surface area contributed by atoms with E-state index in [1.165, 1.54) is 60.3 Å². The first kappa shape index (κ1) is 35.7. The van der Waals surface area contributed by atoms with E-state index in [4.69, 9.17) is 4.42 Å².